The molecule has 0 N–H and O–H groups in total. The molecule has 0 radical (unpaired) electrons. The van der Waals surface area contributed by atoms with Gasteiger partial charge >= 0.3 is 0 Å². The van der Waals surface area contributed by atoms with Crippen LogP contribution in [0, 0.1) is 0 Å². The van der Waals surface area contributed by atoms with Gasteiger partial charge in [-0.1, -0.05) is 59.1 Å². The third-order valence-electron chi connectivity index (χ3n) is 5.78. The Morgan fingerprint density at radius 2 is 1.81 bits per heavy atom. The van der Waals surface area contributed by atoms with Crippen molar-refractivity contribution in [2.24, 2.45) is 4.99 Å². The number of nitrogens with zero attached hydrogens (tertiary/aromatic N) is 3. The Morgan fingerprint density at radius 3 is 2.56 bits per heavy atom. The Morgan fingerprint density at radius 1 is 1.00 bits per heavy atom. The zero-order chi connectivity index (χ0) is 25.4. The lowest BCUT2D eigenvalue weighted by atomic mass is 10.1. The first-order chi connectivity index (χ1) is 17.3. The molecular formula is C27H19BrCl3N3OS. The maximum absolute atomic E-state index is 13.3. The normalized spacial score (nSPS) is 16.1. The zero-order valence-corrected chi connectivity index (χ0v) is 23.7. The van der Waals surface area contributed by atoms with E-state index >= 15 is 0 Å². The SMILES string of the molecule is CCN1C(=O)/C(=C\c2cn(Cc3ccc(Cl)c(Cl)c3)c3ccccc23)SC1=Nc1ccc(Br)c(Cl)c1. The van der Waals surface area contributed by atoms with E-state index in [1.165, 1.54) is 11.8 Å². The van der Waals surface area contributed by atoms with Gasteiger partial charge in [0.15, 0.2) is 5.17 Å². The molecule has 1 aliphatic heterocycles. The van der Waals surface area contributed by atoms with Crippen molar-refractivity contribution in [1.82, 2.24) is 9.47 Å². The number of hydrogen-bond acceptors (Lipinski definition) is 3. The molecule has 0 bridgehead atoms. The number of halogens is 4. The monoisotopic (exact) mass is 617 g/mol. The van der Waals surface area contributed by atoms with Gasteiger partial charge in [0.1, 0.15) is 0 Å². The van der Waals surface area contributed by atoms with E-state index in [0.29, 0.717) is 43.9 Å². The molecule has 4 aromatic rings. The van der Waals surface area contributed by atoms with Crippen LogP contribution in [-0.2, 0) is 11.3 Å². The number of carbonyl (C=O) groups is 1. The number of benzene rings is 3. The van der Waals surface area contributed by atoms with Crippen LogP contribution in [-0.4, -0.2) is 27.1 Å². The van der Waals surface area contributed by atoms with Gasteiger partial charge in [0.25, 0.3) is 5.91 Å². The summed E-state index contributed by atoms with van der Waals surface area (Å²) in [6.45, 7) is 3.08. The minimum absolute atomic E-state index is 0.0641. The number of amidine groups is 1. The number of rotatable bonds is 5. The molecule has 9 heteroatoms. The second-order valence-corrected chi connectivity index (χ2v) is 11.2. The van der Waals surface area contributed by atoms with Crippen LogP contribution in [0.4, 0.5) is 5.69 Å². The molecule has 2 heterocycles. The highest BCUT2D eigenvalue weighted by molar-refractivity contribution is 9.10. The summed E-state index contributed by atoms with van der Waals surface area (Å²) in [4.78, 5) is 20.3. The van der Waals surface area contributed by atoms with Gasteiger partial charge in [-0.25, -0.2) is 4.99 Å². The Bertz CT molecular complexity index is 1560. The predicted octanol–water partition coefficient (Wildman–Crippen LogP) is 9.04. The van der Waals surface area contributed by atoms with Crippen molar-refractivity contribution in [3.63, 3.8) is 0 Å². The minimum Gasteiger partial charge on any atom is -0.342 e. The summed E-state index contributed by atoms with van der Waals surface area (Å²) in [6.07, 6.45) is 4.01. The quantitative estimate of drug-likeness (QED) is 0.209. The molecule has 5 rings (SSSR count). The number of thioether (sulfide) groups is 1. The molecule has 1 amide bonds. The van der Waals surface area contributed by atoms with Crippen LogP contribution in [0.15, 0.2) is 81.2 Å². The lowest BCUT2D eigenvalue weighted by Crippen LogP contribution is -2.28. The van der Waals surface area contributed by atoms with Crippen molar-refractivity contribution in [2.75, 3.05) is 6.54 Å². The predicted molar refractivity (Wildman–Crippen MR) is 157 cm³/mol. The first kappa shape index (κ1) is 25.4. The first-order valence-corrected chi connectivity index (χ1v) is 13.9. The van der Waals surface area contributed by atoms with Crippen LogP contribution in [0.5, 0.6) is 0 Å². The average molecular weight is 620 g/mol. The molecular weight excluding hydrogens is 601 g/mol. The number of aliphatic imine (C=N–C) groups is 1. The maximum Gasteiger partial charge on any atom is 0.266 e. The second kappa shape index (κ2) is 10.6. The number of hydrogen-bond donors (Lipinski definition) is 0. The first-order valence-electron chi connectivity index (χ1n) is 11.1. The van der Waals surface area contributed by atoms with Gasteiger partial charge in [0.05, 0.1) is 25.7 Å². The smallest absolute Gasteiger partial charge is 0.266 e. The fraction of sp³-hybridized carbons (Fsp3) is 0.111. The highest BCUT2D eigenvalue weighted by Gasteiger charge is 2.32. The molecule has 182 valence electrons. The summed E-state index contributed by atoms with van der Waals surface area (Å²) in [6, 6.07) is 19.3. The van der Waals surface area contributed by atoms with E-state index in [1.807, 2.05) is 49.4 Å². The summed E-state index contributed by atoms with van der Waals surface area (Å²) in [5, 5.41) is 3.32. The average Bonchev–Trinajstić information content (AvgIpc) is 3.35. The van der Waals surface area contributed by atoms with E-state index in [2.05, 4.69) is 38.8 Å². The number of amides is 1. The lowest BCUT2D eigenvalue weighted by Gasteiger charge is -2.12. The Balaban J connectivity index is 1.51. The third kappa shape index (κ3) is 5.11. The second-order valence-electron chi connectivity index (χ2n) is 8.13. The van der Waals surface area contributed by atoms with E-state index in [0.717, 1.165) is 26.5 Å². The molecule has 1 fully saturated rings. The minimum atomic E-state index is -0.0641. The van der Waals surface area contributed by atoms with E-state index in [9.17, 15) is 4.79 Å². The summed E-state index contributed by atoms with van der Waals surface area (Å²) < 4.78 is 2.95. The molecule has 0 spiro atoms. The van der Waals surface area contributed by atoms with Gasteiger partial charge in [0, 0.05) is 40.2 Å². The van der Waals surface area contributed by atoms with E-state index in [-0.39, 0.29) is 5.91 Å². The number of carbonyl (C=O) groups excluding carboxylic acids is 1. The fourth-order valence-electron chi connectivity index (χ4n) is 4.03. The van der Waals surface area contributed by atoms with Gasteiger partial charge in [0.2, 0.25) is 0 Å². The topological polar surface area (TPSA) is 37.6 Å². The van der Waals surface area contributed by atoms with E-state index in [4.69, 9.17) is 39.8 Å². The van der Waals surface area contributed by atoms with Crippen molar-refractivity contribution in [3.8, 4) is 0 Å². The van der Waals surface area contributed by atoms with Crippen LogP contribution < -0.4 is 0 Å². The molecule has 1 aliphatic rings. The van der Waals surface area contributed by atoms with Crippen LogP contribution in [0.2, 0.25) is 15.1 Å². The summed E-state index contributed by atoms with van der Waals surface area (Å²) in [7, 11) is 0. The highest BCUT2D eigenvalue weighted by Crippen LogP contribution is 2.36. The molecule has 36 heavy (non-hydrogen) atoms. The molecule has 0 aliphatic carbocycles. The van der Waals surface area contributed by atoms with Crippen molar-refractivity contribution < 1.29 is 4.79 Å². The van der Waals surface area contributed by atoms with Crippen LogP contribution in [0.1, 0.15) is 18.1 Å². The van der Waals surface area contributed by atoms with Crippen molar-refractivity contribution >= 4 is 96.2 Å². The molecule has 1 aromatic heterocycles. The summed E-state index contributed by atoms with van der Waals surface area (Å²) >= 11 is 23.3. The van der Waals surface area contributed by atoms with E-state index in [1.54, 1.807) is 17.0 Å². The van der Waals surface area contributed by atoms with E-state index < -0.39 is 0 Å². The number of para-hydroxylation sites is 1. The number of aromatic nitrogens is 1. The standard InChI is InChI=1S/C27H19BrCl3N3OS/c1-2-34-26(35)25(36-27(34)32-18-8-9-20(28)22(30)13-18)12-17-15-33(24-6-4-3-5-19(17)24)14-16-7-10-21(29)23(31)11-16/h3-13,15H,2,14H2,1H3/b25-12+,32-27?. The van der Waals surface area contributed by atoms with Crippen molar-refractivity contribution in [1.29, 1.82) is 0 Å². The molecule has 4 nitrogen and oxygen atoms in total. The van der Waals surface area contributed by atoms with Gasteiger partial charge in [-0.05, 0) is 82.7 Å². The zero-order valence-electron chi connectivity index (χ0n) is 19.0. The van der Waals surface area contributed by atoms with Crippen LogP contribution >= 0.6 is 62.5 Å². The molecule has 0 atom stereocenters. The Labute approximate surface area is 236 Å². The molecule has 0 unspecified atom stereocenters. The Kier molecular flexibility index (Phi) is 7.52. The lowest BCUT2D eigenvalue weighted by molar-refractivity contribution is -0.122. The molecule has 0 saturated carbocycles. The highest BCUT2D eigenvalue weighted by atomic mass is 79.9. The van der Waals surface area contributed by atoms with Crippen molar-refractivity contribution in [3.05, 3.63) is 102 Å². The van der Waals surface area contributed by atoms with Crippen LogP contribution in [0.3, 0.4) is 0 Å². The summed E-state index contributed by atoms with van der Waals surface area (Å²) in [5.74, 6) is -0.0641. The number of fused-ring (bicyclic) bond motifs is 1. The van der Waals surface area contributed by atoms with Gasteiger partial charge in [-0.3, -0.25) is 9.69 Å². The van der Waals surface area contributed by atoms with Gasteiger partial charge in [-0.15, -0.1) is 0 Å². The van der Waals surface area contributed by atoms with Crippen molar-refractivity contribution in [2.45, 2.75) is 13.5 Å². The number of likely N-dealkylation sites (N-methyl/N-ethyl adjacent to an activating group) is 1. The van der Waals surface area contributed by atoms with Gasteiger partial charge < -0.3 is 4.57 Å². The largest absolute Gasteiger partial charge is 0.342 e. The maximum atomic E-state index is 13.3. The molecule has 3 aromatic carbocycles. The van der Waals surface area contributed by atoms with Crippen LogP contribution in [0.25, 0.3) is 17.0 Å². The third-order valence-corrected chi connectivity index (χ3v) is 8.75. The fourth-order valence-corrected chi connectivity index (χ4v) is 5.83. The molecule has 1 saturated heterocycles. The van der Waals surface area contributed by atoms with Gasteiger partial charge in [-0.2, -0.15) is 0 Å². The Hall–Kier alpha value is -2.22. The summed E-state index contributed by atoms with van der Waals surface area (Å²) in [5.41, 5.74) is 3.76.